The summed E-state index contributed by atoms with van der Waals surface area (Å²) < 4.78 is 42.7. The van der Waals surface area contributed by atoms with Gasteiger partial charge in [0.1, 0.15) is 12.3 Å². The predicted octanol–water partition coefficient (Wildman–Crippen LogP) is 2.41. The molecule has 0 spiro atoms. The van der Waals surface area contributed by atoms with Gasteiger partial charge in [-0.25, -0.2) is 0 Å². The number of nitrogens with zero attached hydrogens (tertiary/aromatic N) is 1. The minimum absolute atomic E-state index is 0.246. The van der Waals surface area contributed by atoms with E-state index in [1.807, 2.05) is 0 Å². The molecule has 0 amide bonds. The molecule has 0 heterocycles. The van der Waals surface area contributed by atoms with Crippen LogP contribution in [0.5, 0.6) is 5.75 Å². The maximum atomic E-state index is 12.5. The molecule has 0 saturated carbocycles. The summed E-state index contributed by atoms with van der Waals surface area (Å²) in [5.41, 5.74) is 5.79. The van der Waals surface area contributed by atoms with Crippen LogP contribution in [-0.4, -0.2) is 32.9 Å². The third-order valence-electron chi connectivity index (χ3n) is 2.43. The van der Waals surface area contributed by atoms with E-state index in [0.29, 0.717) is 24.4 Å². The Hall–Kier alpha value is -1.43. The van der Waals surface area contributed by atoms with Crippen molar-refractivity contribution in [2.75, 3.05) is 31.6 Å². The van der Waals surface area contributed by atoms with Crippen molar-refractivity contribution in [3.05, 3.63) is 24.3 Å². The Bertz CT molecular complexity index is 369. The smallest absolute Gasteiger partial charge is 0.405 e. The molecule has 0 bridgehead atoms. The van der Waals surface area contributed by atoms with E-state index in [1.54, 1.807) is 24.3 Å². The topological polar surface area (TPSA) is 38.5 Å². The molecule has 0 aliphatic carbocycles. The van der Waals surface area contributed by atoms with Crippen LogP contribution in [-0.2, 0) is 0 Å². The van der Waals surface area contributed by atoms with Gasteiger partial charge in [0.05, 0.1) is 12.8 Å². The molecule has 6 heteroatoms. The van der Waals surface area contributed by atoms with E-state index in [4.69, 9.17) is 10.5 Å². The number of benzene rings is 1. The standard InChI is InChI=1S/C12H17F3N2O/c1-18-11-6-3-2-5-10(11)17(8-4-7-16)9-12(13,14)15/h2-3,5-6H,4,7-9,16H2,1H3. The van der Waals surface area contributed by atoms with Crippen LogP contribution in [0.1, 0.15) is 6.42 Å². The molecule has 18 heavy (non-hydrogen) atoms. The second-order valence-electron chi connectivity index (χ2n) is 3.85. The third-order valence-corrected chi connectivity index (χ3v) is 2.43. The molecule has 0 radical (unpaired) electrons. The number of methoxy groups -OCH3 is 1. The monoisotopic (exact) mass is 262 g/mol. The molecule has 0 fully saturated rings. The quantitative estimate of drug-likeness (QED) is 0.855. The van der Waals surface area contributed by atoms with Crippen molar-refractivity contribution in [1.82, 2.24) is 0 Å². The molecule has 1 aromatic carbocycles. The van der Waals surface area contributed by atoms with Gasteiger partial charge in [-0.1, -0.05) is 12.1 Å². The summed E-state index contributed by atoms with van der Waals surface area (Å²) in [5, 5.41) is 0. The first-order valence-corrected chi connectivity index (χ1v) is 5.62. The third kappa shape index (κ3) is 4.44. The van der Waals surface area contributed by atoms with Crippen LogP contribution in [0.15, 0.2) is 24.3 Å². The molecule has 1 rings (SSSR count). The van der Waals surface area contributed by atoms with Crippen molar-refractivity contribution in [1.29, 1.82) is 0 Å². The Morgan fingerprint density at radius 2 is 1.94 bits per heavy atom. The summed E-state index contributed by atoms with van der Waals surface area (Å²) >= 11 is 0. The maximum absolute atomic E-state index is 12.5. The lowest BCUT2D eigenvalue weighted by molar-refractivity contribution is -0.119. The van der Waals surface area contributed by atoms with Crippen molar-refractivity contribution >= 4 is 5.69 Å². The average molecular weight is 262 g/mol. The van der Waals surface area contributed by atoms with Gasteiger partial charge < -0.3 is 15.4 Å². The molecule has 3 nitrogen and oxygen atoms in total. The Morgan fingerprint density at radius 1 is 1.28 bits per heavy atom. The van der Waals surface area contributed by atoms with Crippen LogP contribution >= 0.6 is 0 Å². The Labute approximate surface area is 104 Å². The van der Waals surface area contributed by atoms with E-state index >= 15 is 0 Å². The molecule has 0 saturated heterocycles. The molecule has 0 aliphatic heterocycles. The average Bonchev–Trinajstić information content (AvgIpc) is 2.33. The van der Waals surface area contributed by atoms with Gasteiger partial charge in [0.25, 0.3) is 0 Å². The zero-order valence-corrected chi connectivity index (χ0v) is 10.2. The lowest BCUT2D eigenvalue weighted by atomic mass is 10.2. The highest BCUT2D eigenvalue weighted by Crippen LogP contribution is 2.30. The fourth-order valence-corrected chi connectivity index (χ4v) is 1.67. The number of nitrogens with two attached hydrogens (primary N) is 1. The van der Waals surface area contributed by atoms with Crippen LogP contribution in [0.4, 0.5) is 18.9 Å². The molecule has 0 aromatic heterocycles. The molecule has 0 atom stereocenters. The first-order chi connectivity index (χ1) is 8.48. The number of hydrogen-bond acceptors (Lipinski definition) is 3. The Morgan fingerprint density at radius 3 is 2.50 bits per heavy atom. The maximum Gasteiger partial charge on any atom is 0.405 e. The Balaban J connectivity index is 2.93. The minimum Gasteiger partial charge on any atom is -0.495 e. The van der Waals surface area contributed by atoms with Gasteiger partial charge in [0.2, 0.25) is 0 Å². The van der Waals surface area contributed by atoms with E-state index in [2.05, 4.69) is 0 Å². The van der Waals surface area contributed by atoms with E-state index < -0.39 is 12.7 Å². The van der Waals surface area contributed by atoms with Gasteiger partial charge in [-0.15, -0.1) is 0 Å². The van der Waals surface area contributed by atoms with E-state index in [0.717, 1.165) is 0 Å². The van der Waals surface area contributed by atoms with Gasteiger partial charge in [0.15, 0.2) is 0 Å². The van der Waals surface area contributed by atoms with Crippen molar-refractivity contribution in [3.63, 3.8) is 0 Å². The normalized spacial score (nSPS) is 11.4. The fourth-order valence-electron chi connectivity index (χ4n) is 1.67. The van der Waals surface area contributed by atoms with Gasteiger partial charge in [-0.2, -0.15) is 13.2 Å². The number of halogens is 3. The van der Waals surface area contributed by atoms with Crippen molar-refractivity contribution in [2.24, 2.45) is 5.73 Å². The summed E-state index contributed by atoms with van der Waals surface area (Å²) in [7, 11) is 1.44. The lowest BCUT2D eigenvalue weighted by Gasteiger charge is -2.27. The second-order valence-corrected chi connectivity index (χ2v) is 3.85. The van der Waals surface area contributed by atoms with Crippen molar-refractivity contribution in [3.8, 4) is 5.75 Å². The summed E-state index contributed by atoms with van der Waals surface area (Å²) in [6.45, 7) is -0.409. The minimum atomic E-state index is -4.25. The molecular formula is C12H17F3N2O. The molecule has 0 unspecified atom stereocenters. The van der Waals surface area contributed by atoms with Crippen LogP contribution in [0, 0.1) is 0 Å². The predicted molar refractivity (Wildman–Crippen MR) is 64.9 cm³/mol. The summed E-state index contributed by atoms with van der Waals surface area (Å²) in [4.78, 5) is 1.24. The first-order valence-electron chi connectivity index (χ1n) is 5.62. The number of anilines is 1. The largest absolute Gasteiger partial charge is 0.495 e. The molecular weight excluding hydrogens is 245 g/mol. The summed E-state index contributed by atoms with van der Waals surface area (Å²) in [6, 6.07) is 6.66. The van der Waals surface area contributed by atoms with Crippen LogP contribution in [0.2, 0.25) is 0 Å². The van der Waals surface area contributed by atoms with Crippen molar-refractivity contribution < 1.29 is 17.9 Å². The van der Waals surface area contributed by atoms with Crippen LogP contribution in [0.25, 0.3) is 0 Å². The zero-order chi connectivity index (χ0) is 13.6. The number of ether oxygens (including phenoxy) is 1. The first kappa shape index (κ1) is 14.6. The summed E-state index contributed by atoms with van der Waals surface area (Å²) in [5.74, 6) is 0.429. The van der Waals surface area contributed by atoms with E-state index in [-0.39, 0.29) is 6.54 Å². The zero-order valence-electron chi connectivity index (χ0n) is 10.2. The van der Waals surface area contributed by atoms with Gasteiger partial charge in [-0.05, 0) is 25.1 Å². The lowest BCUT2D eigenvalue weighted by Crippen LogP contribution is -2.36. The van der Waals surface area contributed by atoms with Gasteiger partial charge in [0, 0.05) is 6.54 Å². The van der Waals surface area contributed by atoms with Crippen LogP contribution < -0.4 is 15.4 Å². The molecule has 2 N–H and O–H groups in total. The number of hydrogen-bond donors (Lipinski definition) is 1. The highest BCUT2D eigenvalue weighted by Gasteiger charge is 2.31. The fraction of sp³-hybridized carbons (Fsp3) is 0.500. The molecule has 1 aromatic rings. The highest BCUT2D eigenvalue weighted by molar-refractivity contribution is 5.58. The van der Waals surface area contributed by atoms with Crippen molar-refractivity contribution in [2.45, 2.75) is 12.6 Å². The van der Waals surface area contributed by atoms with E-state index in [1.165, 1.54) is 12.0 Å². The van der Waals surface area contributed by atoms with Crippen LogP contribution in [0.3, 0.4) is 0 Å². The molecule has 102 valence electrons. The number of para-hydroxylation sites is 2. The summed E-state index contributed by atoms with van der Waals surface area (Å²) in [6.07, 6.45) is -3.76. The number of alkyl halides is 3. The van der Waals surface area contributed by atoms with Gasteiger partial charge in [-0.3, -0.25) is 0 Å². The Kier molecular flexibility index (Phi) is 5.27. The van der Waals surface area contributed by atoms with Gasteiger partial charge >= 0.3 is 6.18 Å². The highest BCUT2D eigenvalue weighted by atomic mass is 19.4. The second kappa shape index (κ2) is 6.49. The SMILES string of the molecule is COc1ccccc1N(CCCN)CC(F)(F)F. The molecule has 0 aliphatic rings. The number of rotatable bonds is 6. The van der Waals surface area contributed by atoms with E-state index in [9.17, 15) is 13.2 Å².